The third-order valence-corrected chi connectivity index (χ3v) is 5.87. The molecule has 0 fully saturated rings. The zero-order chi connectivity index (χ0) is 26.6. The molecule has 37 heavy (non-hydrogen) atoms. The van der Waals surface area contributed by atoms with Gasteiger partial charge in [-0.15, -0.1) is 0 Å². The molecule has 3 rings (SSSR count). The highest BCUT2D eigenvalue weighted by atomic mass is 16.4. The largest absolute Gasteiger partial charge is 0.480 e. The zero-order valence-corrected chi connectivity index (χ0v) is 20.5. The maximum absolute atomic E-state index is 11.5. The van der Waals surface area contributed by atoms with Crippen molar-refractivity contribution < 1.29 is 29.7 Å². The highest BCUT2D eigenvalue weighted by Gasteiger charge is 2.17. The minimum atomic E-state index is -1.12. The standard InChI is InChI=1S/C25H32N6O6/c32-23(33)18-30-12-8-28(16-20-4-6-26-7-5-20)9-13-31(19-24(34)35)15-11-29(10-14-30)17-21-2-1-3-22(27-21)25(36)37/h1-7,10,14H,8-9,11-13,15-19H2,(H,32,33)(H,34,35)(H,36,37)/b14-10-. The van der Waals surface area contributed by atoms with Crippen molar-refractivity contribution in [1.29, 1.82) is 0 Å². The van der Waals surface area contributed by atoms with Gasteiger partial charge in [-0.2, -0.15) is 0 Å². The Hall–Kier alpha value is -4.03. The van der Waals surface area contributed by atoms with Crippen molar-refractivity contribution in [2.24, 2.45) is 0 Å². The molecule has 12 heteroatoms. The number of aromatic nitrogens is 2. The monoisotopic (exact) mass is 512 g/mol. The summed E-state index contributed by atoms with van der Waals surface area (Å²) in [5, 5.41) is 28.1. The molecule has 0 unspecified atom stereocenters. The molecule has 2 aromatic heterocycles. The first kappa shape index (κ1) is 27.6. The van der Waals surface area contributed by atoms with Crippen molar-refractivity contribution in [2.45, 2.75) is 13.1 Å². The van der Waals surface area contributed by atoms with Crippen LogP contribution in [-0.2, 0) is 22.7 Å². The Labute approximate surface area is 215 Å². The van der Waals surface area contributed by atoms with Crippen LogP contribution in [0.1, 0.15) is 21.7 Å². The highest BCUT2D eigenvalue weighted by molar-refractivity contribution is 5.85. The lowest BCUT2D eigenvalue weighted by Gasteiger charge is -2.32. The van der Waals surface area contributed by atoms with Crippen LogP contribution in [0.3, 0.4) is 0 Å². The molecule has 1 aliphatic heterocycles. The van der Waals surface area contributed by atoms with Crippen molar-refractivity contribution >= 4 is 17.9 Å². The Balaban J connectivity index is 1.82. The minimum Gasteiger partial charge on any atom is -0.480 e. The van der Waals surface area contributed by atoms with Crippen LogP contribution in [0.5, 0.6) is 0 Å². The summed E-state index contributed by atoms with van der Waals surface area (Å²) < 4.78 is 0. The summed E-state index contributed by atoms with van der Waals surface area (Å²) in [7, 11) is 0. The molecule has 1 aliphatic rings. The maximum Gasteiger partial charge on any atom is 0.354 e. The number of carbonyl (C=O) groups is 3. The van der Waals surface area contributed by atoms with Gasteiger partial charge in [0.2, 0.25) is 0 Å². The van der Waals surface area contributed by atoms with Crippen LogP contribution in [0.4, 0.5) is 0 Å². The van der Waals surface area contributed by atoms with E-state index in [9.17, 15) is 29.7 Å². The second-order valence-electron chi connectivity index (χ2n) is 8.75. The van der Waals surface area contributed by atoms with Crippen LogP contribution in [0.15, 0.2) is 55.1 Å². The maximum atomic E-state index is 11.5. The summed E-state index contributed by atoms with van der Waals surface area (Å²) in [6, 6.07) is 8.60. The predicted molar refractivity (Wildman–Crippen MR) is 134 cm³/mol. The van der Waals surface area contributed by atoms with E-state index in [4.69, 9.17) is 0 Å². The van der Waals surface area contributed by atoms with Gasteiger partial charge < -0.3 is 25.1 Å². The number of rotatable bonds is 9. The van der Waals surface area contributed by atoms with Crippen LogP contribution in [0.25, 0.3) is 0 Å². The summed E-state index contributed by atoms with van der Waals surface area (Å²) in [6.07, 6.45) is 6.91. The van der Waals surface area contributed by atoms with E-state index in [1.165, 1.54) is 6.07 Å². The molecule has 0 aromatic carbocycles. The lowest BCUT2D eigenvalue weighted by molar-refractivity contribution is -0.139. The van der Waals surface area contributed by atoms with Gasteiger partial charge in [0.1, 0.15) is 12.2 Å². The van der Waals surface area contributed by atoms with E-state index in [0.29, 0.717) is 51.5 Å². The molecule has 3 heterocycles. The van der Waals surface area contributed by atoms with Gasteiger partial charge >= 0.3 is 17.9 Å². The normalized spacial score (nSPS) is 17.0. The van der Waals surface area contributed by atoms with Gasteiger partial charge in [-0.3, -0.25) is 24.4 Å². The van der Waals surface area contributed by atoms with Crippen LogP contribution in [0.2, 0.25) is 0 Å². The summed E-state index contributed by atoms with van der Waals surface area (Å²) in [4.78, 5) is 50.2. The number of aromatic carboxylic acids is 1. The number of nitrogens with zero attached hydrogens (tertiary/aromatic N) is 6. The first-order chi connectivity index (χ1) is 17.8. The van der Waals surface area contributed by atoms with Crippen molar-refractivity contribution in [2.75, 3.05) is 52.4 Å². The second-order valence-corrected chi connectivity index (χ2v) is 8.75. The summed E-state index contributed by atoms with van der Waals surface area (Å²) in [5.74, 6) is -2.99. The van der Waals surface area contributed by atoms with Crippen LogP contribution in [0, 0.1) is 0 Å². The van der Waals surface area contributed by atoms with Crippen molar-refractivity contribution in [3.8, 4) is 0 Å². The van der Waals surface area contributed by atoms with Gasteiger partial charge in [0, 0.05) is 70.6 Å². The molecule has 12 nitrogen and oxygen atoms in total. The minimum absolute atomic E-state index is 0.0647. The fourth-order valence-corrected chi connectivity index (χ4v) is 3.97. The fraction of sp³-hybridized carbons (Fsp3) is 0.400. The molecule has 198 valence electrons. The number of hydrogen-bond acceptors (Lipinski definition) is 9. The van der Waals surface area contributed by atoms with E-state index in [2.05, 4.69) is 14.9 Å². The molecule has 0 spiro atoms. The van der Waals surface area contributed by atoms with Crippen molar-refractivity contribution in [3.05, 3.63) is 72.1 Å². The highest BCUT2D eigenvalue weighted by Crippen LogP contribution is 2.09. The number of aliphatic carboxylic acids is 2. The zero-order valence-electron chi connectivity index (χ0n) is 20.5. The average Bonchev–Trinajstić information content (AvgIpc) is 2.85. The molecule has 0 radical (unpaired) electrons. The van der Waals surface area contributed by atoms with E-state index < -0.39 is 17.9 Å². The summed E-state index contributed by atoms with van der Waals surface area (Å²) in [6.45, 7) is 3.65. The molecular weight excluding hydrogens is 480 g/mol. The van der Waals surface area contributed by atoms with Crippen molar-refractivity contribution in [1.82, 2.24) is 29.6 Å². The summed E-state index contributed by atoms with van der Waals surface area (Å²) in [5.41, 5.74) is 1.54. The lowest BCUT2D eigenvalue weighted by Crippen LogP contribution is -2.43. The van der Waals surface area contributed by atoms with E-state index >= 15 is 0 Å². The quantitative estimate of drug-likeness (QED) is 0.435. The van der Waals surface area contributed by atoms with Gasteiger partial charge in [0.25, 0.3) is 0 Å². The number of pyridine rings is 2. The molecular formula is C25H32N6O6. The van der Waals surface area contributed by atoms with Gasteiger partial charge in [0.15, 0.2) is 0 Å². The first-order valence-electron chi connectivity index (χ1n) is 11.9. The van der Waals surface area contributed by atoms with Crippen LogP contribution < -0.4 is 0 Å². The first-order valence-corrected chi connectivity index (χ1v) is 11.9. The molecule has 0 bridgehead atoms. The number of carboxylic acids is 3. The molecule has 0 atom stereocenters. The molecule has 3 N–H and O–H groups in total. The topological polar surface area (TPSA) is 151 Å². The molecule has 0 saturated heterocycles. The Kier molecular flexibility index (Phi) is 10.4. The average molecular weight is 513 g/mol. The van der Waals surface area contributed by atoms with Gasteiger partial charge in [0.05, 0.1) is 18.8 Å². The molecule has 0 aliphatic carbocycles. The van der Waals surface area contributed by atoms with Gasteiger partial charge in [-0.1, -0.05) is 6.07 Å². The van der Waals surface area contributed by atoms with E-state index in [1.54, 1.807) is 41.8 Å². The van der Waals surface area contributed by atoms with E-state index in [-0.39, 0.29) is 25.3 Å². The Morgan fingerprint density at radius 2 is 1.35 bits per heavy atom. The Morgan fingerprint density at radius 3 is 2.05 bits per heavy atom. The lowest BCUT2D eigenvalue weighted by atomic mass is 10.2. The Bertz CT molecular complexity index is 1080. The Morgan fingerprint density at radius 1 is 0.730 bits per heavy atom. The molecule has 2 aromatic rings. The number of carboxylic acid groups (broad SMARTS) is 3. The SMILES string of the molecule is O=C(O)CN1/C=C\N(Cc2cccc(C(=O)O)n2)CCN(CC(=O)O)CCN(Cc2ccncc2)CC1. The van der Waals surface area contributed by atoms with Crippen LogP contribution in [-0.4, -0.2) is 115 Å². The van der Waals surface area contributed by atoms with Crippen LogP contribution >= 0.6 is 0 Å². The molecule has 0 amide bonds. The van der Waals surface area contributed by atoms with Gasteiger partial charge in [-0.25, -0.2) is 9.78 Å². The number of hydrogen-bond donors (Lipinski definition) is 3. The fourth-order valence-electron chi connectivity index (χ4n) is 3.97. The van der Waals surface area contributed by atoms with Gasteiger partial charge in [-0.05, 0) is 29.8 Å². The second kappa shape index (κ2) is 13.9. The smallest absolute Gasteiger partial charge is 0.354 e. The van der Waals surface area contributed by atoms with E-state index in [1.807, 2.05) is 21.9 Å². The summed E-state index contributed by atoms with van der Waals surface area (Å²) >= 11 is 0. The van der Waals surface area contributed by atoms with Crippen molar-refractivity contribution in [3.63, 3.8) is 0 Å². The predicted octanol–water partition coefficient (Wildman–Crippen LogP) is 0.737. The third-order valence-electron chi connectivity index (χ3n) is 5.87. The molecule has 0 saturated carbocycles. The third kappa shape index (κ3) is 9.86. The van der Waals surface area contributed by atoms with E-state index in [0.717, 1.165) is 5.56 Å².